The van der Waals surface area contributed by atoms with Crippen LogP contribution < -0.4 is 10.6 Å². The van der Waals surface area contributed by atoms with Crippen molar-refractivity contribution in [1.82, 2.24) is 39.6 Å². The minimum absolute atomic E-state index is 0.0668. The fourth-order valence-electron chi connectivity index (χ4n) is 5.05. The molecule has 5 heterocycles. The van der Waals surface area contributed by atoms with Crippen LogP contribution in [0.25, 0.3) is 28.2 Å². The van der Waals surface area contributed by atoms with Crippen LogP contribution in [0.5, 0.6) is 0 Å². The molecule has 0 fully saturated rings. The van der Waals surface area contributed by atoms with Crippen molar-refractivity contribution < 1.29 is 18.4 Å². The molecule has 1 aliphatic rings. The van der Waals surface area contributed by atoms with Crippen LogP contribution in [0.4, 0.5) is 14.6 Å². The van der Waals surface area contributed by atoms with Gasteiger partial charge in [-0.15, -0.1) is 0 Å². The summed E-state index contributed by atoms with van der Waals surface area (Å²) in [5.41, 5.74) is 3.80. The number of amides is 2. The summed E-state index contributed by atoms with van der Waals surface area (Å²) >= 11 is 0. The topological polar surface area (TPSA) is 122 Å². The molecule has 5 aromatic rings. The number of hydrogen-bond donors (Lipinski definition) is 2. The smallest absolute Gasteiger partial charge is 0.257 e. The molecule has 0 radical (unpaired) electrons. The number of nitrogens with zero attached hydrogens (tertiary/aromatic N) is 7. The van der Waals surface area contributed by atoms with E-state index < -0.39 is 11.9 Å². The zero-order valence-electron chi connectivity index (χ0n) is 23.8. The third-order valence-corrected chi connectivity index (χ3v) is 6.86. The quantitative estimate of drug-likeness (QED) is 0.290. The fourth-order valence-corrected chi connectivity index (χ4v) is 5.05. The maximum absolute atomic E-state index is 13.8. The average Bonchev–Trinajstić information content (AvgIpc) is 3.52. The van der Waals surface area contributed by atoms with Crippen molar-refractivity contribution in [2.75, 3.05) is 18.4 Å². The number of halogens is 2. The highest BCUT2D eigenvalue weighted by molar-refractivity contribution is 6.03. The van der Waals surface area contributed by atoms with Crippen LogP contribution in [0.3, 0.4) is 0 Å². The molecule has 6 rings (SSSR count). The summed E-state index contributed by atoms with van der Waals surface area (Å²) in [6.45, 7) is 7.70. The van der Waals surface area contributed by atoms with Crippen LogP contribution in [0, 0.1) is 11.8 Å². The van der Waals surface area contributed by atoms with E-state index in [1.807, 2.05) is 31.5 Å². The first-order valence-corrected chi connectivity index (χ1v) is 13.7. The Hall–Kier alpha value is -5.04. The number of anilines is 1. The Balaban J connectivity index is 1.35. The predicted octanol–water partition coefficient (Wildman–Crippen LogP) is 3.92. The van der Waals surface area contributed by atoms with Crippen molar-refractivity contribution in [3.05, 3.63) is 83.9 Å². The van der Waals surface area contributed by atoms with Crippen molar-refractivity contribution in [1.29, 1.82) is 0 Å². The second-order valence-corrected chi connectivity index (χ2v) is 11.4. The second-order valence-electron chi connectivity index (χ2n) is 11.4. The van der Waals surface area contributed by atoms with Crippen molar-refractivity contribution in [3.8, 4) is 22.5 Å². The van der Waals surface area contributed by atoms with Crippen LogP contribution in [0.2, 0.25) is 0 Å². The first kappa shape index (κ1) is 28.1. The number of aromatic nitrogens is 6. The summed E-state index contributed by atoms with van der Waals surface area (Å²) in [6.07, 6.45) is 2.77. The van der Waals surface area contributed by atoms with E-state index in [4.69, 9.17) is 10.2 Å². The lowest BCUT2D eigenvalue weighted by molar-refractivity contribution is -0.124. The van der Waals surface area contributed by atoms with Gasteiger partial charge in [0.1, 0.15) is 11.5 Å². The monoisotopic (exact) mass is 585 g/mol. The Morgan fingerprint density at radius 3 is 2.53 bits per heavy atom. The molecule has 11 nitrogen and oxygen atoms in total. The lowest BCUT2D eigenvalue weighted by atomic mass is 10.0. The number of imidazole rings is 1. The summed E-state index contributed by atoms with van der Waals surface area (Å²) in [4.78, 5) is 35.3. The second kappa shape index (κ2) is 11.0. The molecule has 0 saturated heterocycles. The van der Waals surface area contributed by atoms with Crippen LogP contribution in [-0.4, -0.2) is 64.7 Å². The SMILES string of the molecule is CC(C)(C)NC(=O)CN1CCn2nc(-c3ccc(F)cc3)c(-c3ccc4nc(NC(=O)c5ccnc(F)c5)cn4n3)c2C1. The maximum atomic E-state index is 13.8. The van der Waals surface area contributed by atoms with Crippen molar-refractivity contribution in [2.24, 2.45) is 0 Å². The molecule has 0 atom stereocenters. The third kappa shape index (κ3) is 6.11. The molecule has 13 heteroatoms. The zero-order valence-corrected chi connectivity index (χ0v) is 23.8. The van der Waals surface area contributed by atoms with Crippen molar-refractivity contribution in [3.63, 3.8) is 0 Å². The van der Waals surface area contributed by atoms with E-state index in [2.05, 4.69) is 25.5 Å². The van der Waals surface area contributed by atoms with Crippen LogP contribution in [0.1, 0.15) is 36.8 Å². The number of rotatable bonds is 6. The number of benzene rings is 1. The zero-order chi connectivity index (χ0) is 30.3. The summed E-state index contributed by atoms with van der Waals surface area (Å²) in [5.74, 6) is -1.48. The van der Waals surface area contributed by atoms with E-state index in [0.29, 0.717) is 36.7 Å². The van der Waals surface area contributed by atoms with Gasteiger partial charge in [-0.3, -0.25) is 19.2 Å². The molecular weight excluding hydrogens is 556 g/mol. The molecule has 2 N–H and O–H groups in total. The van der Waals surface area contributed by atoms with Gasteiger partial charge in [0, 0.05) is 42.0 Å². The largest absolute Gasteiger partial charge is 0.350 e. The maximum Gasteiger partial charge on any atom is 0.257 e. The van der Waals surface area contributed by atoms with Gasteiger partial charge in [0.05, 0.1) is 36.2 Å². The molecular formula is C30H29F2N9O2. The Kier molecular flexibility index (Phi) is 7.18. The van der Waals surface area contributed by atoms with Gasteiger partial charge in [-0.25, -0.2) is 18.9 Å². The van der Waals surface area contributed by atoms with Crippen LogP contribution in [-0.2, 0) is 17.9 Å². The molecule has 1 aromatic carbocycles. The number of carbonyl (C=O) groups excluding carboxylic acids is 2. The number of hydrogen-bond acceptors (Lipinski definition) is 7. The molecule has 0 spiro atoms. The molecule has 220 valence electrons. The summed E-state index contributed by atoms with van der Waals surface area (Å²) < 4.78 is 30.7. The van der Waals surface area contributed by atoms with E-state index in [1.54, 1.807) is 24.4 Å². The lowest BCUT2D eigenvalue weighted by Gasteiger charge is -2.29. The lowest BCUT2D eigenvalue weighted by Crippen LogP contribution is -2.47. The van der Waals surface area contributed by atoms with Crippen LogP contribution >= 0.6 is 0 Å². The van der Waals surface area contributed by atoms with Gasteiger partial charge in [0.25, 0.3) is 5.91 Å². The van der Waals surface area contributed by atoms with Crippen molar-refractivity contribution >= 4 is 23.3 Å². The van der Waals surface area contributed by atoms with Crippen LogP contribution in [0.15, 0.2) is 60.9 Å². The first-order valence-electron chi connectivity index (χ1n) is 13.7. The Bertz CT molecular complexity index is 1840. The Morgan fingerprint density at radius 2 is 1.79 bits per heavy atom. The number of nitrogens with one attached hydrogen (secondary N) is 2. The van der Waals surface area contributed by atoms with Gasteiger partial charge in [0.15, 0.2) is 11.5 Å². The Morgan fingerprint density at radius 1 is 1.00 bits per heavy atom. The molecule has 1 aliphatic heterocycles. The first-order chi connectivity index (χ1) is 20.5. The average molecular weight is 586 g/mol. The molecule has 2 amide bonds. The minimum atomic E-state index is -0.760. The van der Waals surface area contributed by atoms with E-state index in [-0.39, 0.29) is 35.2 Å². The molecule has 0 unspecified atom stereocenters. The molecule has 43 heavy (non-hydrogen) atoms. The normalized spacial score (nSPS) is 13.6. The fraction of sp³-hybridized carbons (Fsp3) is 0.267. The van der Waals surface area contributed by atoms with Crippen molar-refractivity contribution in [2.45, 2.75) is 39.4 Å². The van der Waals surface area contributed by atoms with Gasteiger partial charge >= 0.3 is 0 Å². The minimum Gasteiger partial charge on any atom is -0.350 e. The number of pyridine rings is 1. The van der Waals surface area contributed by atoms with Gasteiger partial charge in [-0.05, 0) is 63.2 Å². The van der Waals surface area contributed by atoms with Gasteiger partial charge in [0.2, 0.25) is 11.9 Å². The van der Waals surface area contributed by atoms with Gasteiger partial charge < -0.3 is 10.6 Å². The predicted molar refractivity (Wildman–Crippen MR) is 155 cm³/mol. The molecule has 0 aliphatic carbocycles. The summed E-state index contributed by atoms with van der Waals surface area (Å²) in [6, 6.07) is 12.1. The van der Waals surface area contributed by atoms with E-state index in [0.717, 1.165) is 22.9 Å². The highest BCUT2D eigenvalue weighted by Crippen LogP contribution is 2.36. The van der Waals surface area contributed by atoms with Gasteiger partial charge in [-0.1, -0.05) is 0 Å². The van der Waals surface area contributed by atoms with Gasteiger partial charge in [-0.2, -0.15) is 14.6 Å². The molecule has 4 aromatic heterocycles. The third-order valence-electron chi connectivity index (χ3n) is 6.86. The van der Waals surface area contributed by atoms with E-state index in [1.165, 1.54) is 28.9 Å². The number of fused-ring (bicyclic) bond motifs is 2. The van der Waals surface area contributed by atoms with E-state index in [9.17, 15) is 18.4 Å². The summed E-state index contributed by atoms with van der Waals surface area (Å²) in [7, 11) is 0. The Labute approximate surface area is 245 Å². The highest BCUT2D eigenvalue weighted by Gasteiger charge is 2.28. The highest BCUT2D eigenvalue weighted by atomic mass is 19.1. The van der Waals surface area contributed by atoms with E-state index >= 15 is 0 Å². The molecule has 0 saturated carbocycles. The summed E-state index contributed by atoms with van der Waals surface area (Å²) in [5, 5.41) is 15.3. The number of carbonyl (C=O) groups is 2. The standard InChI is InChI=1S/C30H29F2N9O2/c1-30(2,3)36-26(42)17-39-12-13-40-22(15-39)27(28(38-40)18-4-6-20(31)7-5-18)21-8-9-25-34-24(16-41(25)37-21)35-29(43)19-10-11-33-23(32)14-19/h4-11,14,16H,12-13,15,17H2,1-3H3,(H,35,43)(H,36,42). The molecule has 0 bridgehead atoms.